The summed E-state index contributed by atoms with van der Waals surface area (Å²) in [4.78, 5) is 24.2. The zero-order chi connectivity index (χ0) is 19.8. The molecule has 0 radical (unpaired) electrons. The predicted octanol–water partition coefficient (Wildman–Crippen LogP) is 3.02. The van der Waals surface area contributed by atoms with Gasteiger partial charge in [0, 0.05) is 36.7 Å². The maximum atomic E-state index is 12.1. The first-order valence-electron chi connectivity index (χ1n) is 9.19. The van der Waals surface area contributed by atoms with Crippen LogP contribution in [0.15, 0.2) is 71.5 Å². The Balaban J connectivity index is 1.53. The Morgan fingerprint density at radius 1 is 1.04 bits per heavy atom. The first kappa shape index (κ1) is 19.4. The molecule has 0 bridgehead atoms. The second kappa shape index (κ2) is 9.50. The van der Waals surface area contributed by atoms with Gasteiger partial charge in [-0.3, -0.25) is 9.59 Å². The van der Waals surface area contributed by atoms with Crippen molar-refractivity contribution in [1.29, 1.82) is 0 Å². The van der Waals surface area contributed by atoms with E-state index in [0.717, 1.165) is 22.6 Å². The number of hydrogen-bond acceptors (Lipinski definition) is 4. The van der Waals surface area contributed by atoms with Gasteiger partial charge in [0.2, 0.25) is 5.91 Å². The van der Waals surface area contributed by atoms with E-state index in [1.54, 1.807) is 13.2 Å². The summed E-state index contributed by atoms with van der Waals surface area (Å²) < 4.78 is 6.69. The molecule has 3 rings (SSSR count). The Kier molecular flexibility index (Phi) is 6.57. The third-order valence-corrected chi connectivity index (χ3v) is 4.38. The lowest BCUT2D eigenvalue weighted by Crippen LogP contribution is -2.25. The van der Waals surface area contributed by atoms with Crippen LogP contribution in [0.5, 0.6) is 5.75 Å². The van der Waals surface area contributed by atoms with E-state index >= 15 is 0 Å². The number of carbonyl (C=O) groups excluding carboxylic acids is 1. The fraction of sp³-hybridized carbons (Fsp3) is 0.227. The summed E-state index contributed by atoms with van der Waals surface area (Å²) in [6.45, 7) is 0.798. The number of aryl methyl sites for hydroxylation is 1. The molecule has 3 aromatic rings. The minimum absolute atomic E-state index is 0.0711. The Morgan fingerprint density at radius 3 is 2.57 bits per heavy atom. The van der Waals surface area contributed by atoms with Crippen molar-refractivity contribution < 1.29 is 9.53 Å². The largest absolute Gasteiger partial charge is 0.496 e. The zero-order valence-corrected chi connectivity index (χ0v) is 15.8. The Hall–Kier alpha value is -3.41. The van der Waals surface area contributed by atoms with Crippen LogP contribution >= 0.6 is 0 Å². The maximum Gasteiger partial charge on any atom is 0.266 e. The summed E-state index contributed by atoms with van der Waals surface area (Å²) in [5.41, 5.74) is 2.44. The van der Waals surface area contributed by atoms with Crippen molar-refractivity contribution in [2.24, 2.45) is 0 Å². The van der Waals surface area contributed by atoms with Crippen molar-refractivity contribution in [3.63, 3.8) is 0 Å². The number of benzene rings is 2. The molecule has 0 aliphatic rings. The predicted molar refractivity (Wildman–Crippen MR) is 108 cm³/mol. The monoisotopic (exact) mass is 377 g/mol. The van der Waals surface area contributed by atoms with Crippen molar-refractivity contribution in [3.05, 3.63) is 82.6 Å². The fourth-order valence-electron chi connectivity index (χ4n) is 2.89. The van der Waals surface area contributed by atoms with Gasteiger partial charge in [-0.05, 0) is 18.6 Å². The van der Waals surface area contributed by atoms with Gasteiger partial charge in [-0.15, -0.1) is 0 Å². The van der Waals surface area contributed by atoms with E-state index in [1.165, 1.54) is 10.7 Å². The van der Waals surface area contributed by atoms with Crippen LogP contribution in [0.3, 0.4) is 0 Å². The molecular formula is C22H23N3O3. The molecule has 1 aromatic heterocycles. The van der Waals surface area contributed by atoms with Crippen LogP contribution in [-0.2, 0) is 17.9 Å². The minimum Gasteiger partial charge on any atom is -0.496 e. The molecule has 0 saturated carbocycles. The standard InChI is InChI=1S/C22H23N3O3/c1-28-20-11-6-5-10-18(20)16-23-21(26)12-7-15-25-22(27)14-13-19(24-25)17-8-3-2-4-9-17/h2-6,8-11,13-14H,7,12,15-16H2,1H3,(H,23,26). The van der Waals surface area contributed by atoms with E-state index in [1.807, 2.05) is 54.6 Å². The minimum atomic E-state index is -0.172. The van der Waals surface area contributed by atoms with E-state index in [9.17, 15) is 9.59 Å². The molecule has 1 N–H and O–H groups in total. The van der Waals surface area contributed by atoms with Gasteiger partial charge in [-0.2, -0.15) is 5.10 Å². The number of carbonyl (C=O) groups is 1. The molecule has 0 aliphatic heterocycles. The maximum absolute atomic E-state index is 12.1. The van der Waals surface area contributed by atoms with Crippen molar-refractivity contribution >= 4 is 5.91 Å². The third-order valence-electron chi connectivity index (χ3n) is 4.38. The molecule has 0 saturated heterocycles. The molecule has 6 nitrogen and oxygen atoms in total. The number of methoxy groups -OCH3 is 1. The number of amides is 1. The van der Waals surface area contributed by atoms with Crippen LogP contribution in [-0.4, -0.2) is 22.8 Å². The van der Waals surface area contributed by atoms with Crippen LogP contribution < -0.4 is 15.6 Å². The van der Waals surface area contributed by atoms with Crippen LogP contribution in [0.25, 0.3) is 11.3 Å². The molecule has 0 fully saturated rings. The summed E-state index contributed by atoms with van der Waals surface area (Å²) in [6, 6.07) is 20.5. The highest BCUT2D eigenvalue weighted by Gasteiger charge is 2.07. The summed E-state index contributed by atoms with van der Waals surface area (Å²) in [6.07, 6.45) is 0.849. The quantitative estimate of drug-likeness (QED) is 0.655. The molecule has 0 atom stereocenters. The van der Waals surface area contributed by atoms with Crippen LogP contribution in [0, 0.1) is 0 Å². The molecule has 0 spiro atoms. The van der Waals surface area contributed by atoms with E-state index < -0.39 is 0 Å². The van der Waals surface area contributed by atoms with Crippen LogP contribution in [0.2, 0.25) is 0 Å². The number of nitrogens with zero attached hydrogens (tertiary/aromatic N) is 2. The molecule has 144 valence electrons. The Labute approximate surface area is 163 Å². The van der Waals surface area contributed by atoms with E-state index in [-0.39, 0.29) is 11.5 Å². The Bertz CT molecular complexity index is 984. The molecule has 0 aliphatic carbocycles. The van der Waals surface area contributed by atoms with Crippen LogP contribution in [0.4, 0.5) is 0 Å². The second-order valence-corrected chi connectivity index (χ2v) is 6.34. The third kappa shape index (κ3) is 5.07. The van der Waals surface area contributed by atoms with Gasteiger partial charge < -0.3 is 10.1 Å². The van der Waals surface area contributed by atoms with Gasteiger partial charge >= 0.3 is 0 Å². The van der Waals surface area contributed by atoms with Gasteiger partial charge in [0.05, 0.1) is 12.8 Å². The van der Waals surface area contributed by atoms with E-state index in [2.05, 4.69) is 10.4 Å². The zero-order valence-electron chi connectivity index (χ0n) is 15.8. The lowest BCUT2D eigenvalue weighted by Gasteiger charge is -2.10. The number of hydrogen-bond donors (Lipinski definition) is 1. The molecular weight excluding hydrogens is 354 g/mol. The topological polar surface area (TPSA) is 73.2 Å². The molecule has 28 heavy (non-hydrogen) atoms. The van der Waals surface area contributed by atoms with Crippen molar-refractivity contribution in [2.45, 2.75) is 25.9 Å². The highest BCUT2D eigenvalue weighted by molar-refractivity contribution is 5.75. The highest BCUT2D eigenvalue weighted by Crippen LogP contribution is 2.17. The smallest absolute Gasteiger partial charge is 0.266 e. The molecule has 1 heterocycles. The van der Waals surface area contributed by atoms with Crippen molar-refractivity contribution in [3.8, 4) is 17.0 Å². The number of aromatic nitrogens is 2. The SMILES string of the molecule is COc1ccccc1CNC(=O)CCCn1nc(-c2ccccc2)ccc1=O. The number of nitrogens with one attached hydrogen (secondary N) is 1. The molecule has 2 aromatic carbocycles. The fourth-order valence-corrected chi connectivity index (χ4v) is 2.89. The van der Waals surface area contributed by atoms with Gasteiger partial charge in [0.15, 0.2) is 0 Å². The van der Waals surface area contributed by atoms with Gasteiger partial charge in [-0.1, -0.05) is 48.5 Å². The second-order valence-electron chi connectivity index (χ2n) is 6.34. The summed E-state index contributed by atoms with van der Waals surface area (Å²) in [5, 5.41) is 7.30. The van der Waals surface area contributed by atoms with Gasteiger partial charge in [0.25, 0.3) is 5.56 Å². The normalized spacial score (nSPS) is 10.5. The number of rotatable bonds is 8. The van der Waals surface area contributed by atoms with E-state index in [0.29, 0.717) is 25.9 Å². The molecule has 1 amide bonds. The lowest BCUT2D eigenvalue weighted by molar-refractivity contribution is -0.121. The van der Waals surface area contributed by atoms with Crippen LogP contribution in [0.1, 0.15) is 18.4 Å². The Morgan fingerprint density at radius 2 is 1.79 bits per heavy atom. The highest BCUT2D eigenvalue weighted by atomic mass is 16.5. The average Bonchev–Trinajstić information content (AvgIpc) is 2.74. The van der Waals surface area contributed by atoms with E-state index in [4.69, 9.17) is 4.74 Å². The summed E-state index contributed by atoms with van der Waals surface area (Å²) in [7, 11) is 1.61. The first-order chi connectivity index (χ1) is 13.7. The average molecular weight is 377 g/mol. The van der Waals surface area contributed by atoms with Crippen molar-refractivity contribution in [1.82, 2.24) is 15.1 Å². The lowest BCUT2D eigenvalue weighted by atomic mass is 10.1. The number of ether oxygens (including phenoxy) is 1. The van der Waals surface area contributed by atoms with Crippen molar-refractivity contribution in [2.75, 3.05) is 7.11 Å². The first-order valence-corrected chi connectivity index (χ1v) is 9.19. The van der Waals surface area contributed by atoms with Gasteiger partial charge in [0.1, 0.15) is 5.75 Å². The molecule has 6 heteroatoms. The number of para-hydroxylation sites is 1. The molecule has 0 unspecified atom stereocenters. The van der Waals surface area contributed by atoms with Gasteiger partial charge in [-0.25, -0.2) is 4.68 Å². The summed E-state index contributed by atoms with van der Waals surface area (Å²) in [5.74, 6) is 0.675. The summed E-state index contributed by atoms with van der Waals surface area (Å²) >= 11 is 0.